The van der Waals surface area contributed by atoms with Gasteiger partial charge in [0.15, 0.2) is 0 Å². The van der Waals surface area contributed by atoms with Gasteiger partial charge in [-0.15, -0.1) is 0 Å². The van der Waals surface area contributed by atoms with Crippen LogP contribution >= 0.6 is 7.92 Å². The van der Waals surface area contributed by atoms with E-state index in [0.29, 0.717) is 28.7 Å². The van der Waals surface area contributed by atoms with Crippen molar-refractivity contribution in [3.8, 4) is 28.7 Å². The highest BCUT2D eigenvalue weighted by Crippen LogP contribution is 2.47. The van der Waals surface area contributed by atoms with E-state index < -0.39 is 16.0 Å². The average molecular weight is 471 g/mol. The van der Waals surface area contributed by atoms with Crippen molar-refractivity contribution in [2.45, 2.75) is 19.6 Å². The van der Waals surface area contributed by atoms with Gasteiger partial charge >= 0.3 is 0 Å². The third-order valence-corrected chi connectivity index (χ3v) is 9.95. The third kappa shape index (κ3) is 4.43. The van der Waals surface area contributed by atoms with E-state index in [1.54, 1.807) is 28.4 Å². The number of aromatic hydroxyl groups is 1. The van der Waals surface area contributed by atoms with Crippen LogP contribution in [0.1, 0.15) is 0 Å². The zero-order chi connectivity index (χ0) is 23.5. The van der Waals surface area contributed by atoms with E-state index >= 15 is 0 Å². The summed E-state index contributed by atoms with van der Waals surface area (Å²) in [6.45, 7) is 6.67. The summed E-state index contributed by atoms with van der Waals surface area (Å²) >= 11 is 0. The molecule has 7 heteroatoms. The van der Waals surface area contributed by atoms with Crippen LogP contribution in [0.5, 0.6) is 28.7 Å². The van der Waals surface area contributed by atoms with Crippen molar-refractivity contribution in [3.05, 3.63) is 54.6 Å². The van der Waals surface area contributed by atoms with Gasteiger partial charge in [0.05, 0.1) is 47.1 Å². The fourth-order valence-corrected chi connectivity index (χ4v) is 8.14. The van der Waals surface area contributed by atoms with Gasteiger partial charge < -0.3 is 24.1 Å². The largest absolute Gasteiger partial charge is 0.507 e. The van der Waals surface area contributed by atoms with E-state index in [4.69, 9.17) is 18.9 Å². The van der Waals surface area contributed by atoms with Gasteiger partial charge in [0.2, 0.25) is 0 Å². The topological polar surface area (TPSA) is 57.2 Å². The number of para-hydroxylation sites is 1. The first-order valence-electron chi connectivity index (χ1n) is 10.3. The van der Waals surface area contributed by atoms with Crippen molar-refractivity contribution < 1.29 is 24.1 Å². The molecule has 0 heterocycles. The van der Waals surface area contributed by atoms with Crippen LogP contribution in [0.2, 0.25) is 19.6 Å². The Morgan fingerprint density at radius 2 is 1.00 bits per heavy atom. The molecule has 3 aromatic rings. The molecule has 3 rings (SSSR count). The molecule has 0 fully saturated rings. The van der Waals surface area contributed by atoms with Crippen LogP contribution < -0.4 is 40.0 Å². The van der Waals surface area contributed by atoms with E-state index in [2.05, 4.69) is 19.6 Å². The Kier molecular flexibility index (Phi) is 7.37. The molecule has 5 nitrogen and oxygen atoms in total. The Morgan fingerprint density at radius 1 is 0.625 bits per heavy atom. The fourth-order valence-electron chi connectivity index (χ4n) is 3.77. The summed E-state index contributed by atoms with van der Waals surface area (Å²) in [5.74, 6) is 3.05. The van der Waals surface area contributed by atoms with Crippen LogP contribution in [0, 0.1) is 0 Å². The highest BCUT2D eigenvalue weighted by Gasteiger charge is 2.33. The summed E-state index contributed by atoms with van der Waals surface area (Å²) < 4.78 is 23.1. The molecule has 0 bridgehead atoms. The zero-order valence-corrected chi connectivity index (χ0v) is 21.6. The van der Waals surface area contributed by atoms with Crippen LogP contribution in [0.3, 0.4) is 0 Å². The summed E-state index contributed by atoms with van der Waals surface area (Å²) in [4.78, 5) is 0. The average Bonchev–Trinajstić information content (AvgIpc) is 2.79. The number of benzene rings is 3. The molecule has 0 radical (unpaired) electrons. The maximum absolute atomic E-state index is 11.6. The maximum Gasteiger partial charge on any atom is 0.130 e. The number of ether oxygens (including phenoxy) is 4. The SMILES string of the molecule is COc1cccc(OC)c1P(c1cccc([Si](C)(C)C)c1O)c1c(OC)cccc1OC. The van der Waals surface area contributed by atoms with Gasteiger partial charge in [0.1, 0.15) is 28.7 Å². The first-order chi connectivity index (χ1) is 15.3. The molecular formula is C25H31O5PSi. The Balaban J connectivity index is 2.48. The van der Waals surface area contributed by atoms with Crippen molar-refractivity contribution in [3.63, 3.8) is 0 Å². The van der Waals surface area contributed by atoms with E-state index in [1.165, 1.54) is 0 Å². The molecule has 1 N–H and O–H groups in total. The van der Waals surface area contributed by atoms with E-state index in [-0.39, 0.29) is 0 Å². The monoisotopic (exact) mass is 470 g/mol. The molecule has 0 spiro atoms. The number of methoxy groups -OCH3 is 4. The normalized spacial score (nSPS) is 11.4. The van der Waals surface area contributed by atoms with Crippen molar-refractivity contribution in [2.24, 2.45) is 0 Å². The molecule has 0 unspecified atom stereocenters. The Bertz CT molecular complexity index is 994. The predicted octanol–water partition coefficient (Wildman–Crippen LogP) is 3.73. The number of hydrogen-bond acceptors (Lipinski definition) is 5. The van der Waals surface area contributed by atoms with E-state index in [1.807, 2.05) is 54.6 Å². The summed E-state index contributed by atoms with van der Waals surface area (Å²) in [6, 6.07) is 17.5. The lowest BCUT2D eigenvalue weighted by atomic mass is 10.3. The molecule has 0 aliphatic rings. The lowest BCUT2D eigenvalue weighted by Gasteiger charge is -2.28. The Morgan fingerprint density at radius 3 is 1.34 bits per heavy atom. The minimum atomic E-state index is -1.81. The second-order valence-corrected chi connectivity index (χ2v) is 15.4. The Labute approximate surface area is 192 Å². The molecule has 0 amide bonds. The smallest absolute Gasteiger partial charge is 0.130 e. The van der Waals surface area contributed by atoms with Crippen molar-refractivity contribution in [1.82, 2.24) is 0 Å². The van der Waals surface area contributed by atoms with Gasteiger partial charge in [0.25, 0.3) is 0 Å². The number of phenolic OH excluding ortho intramolecular Hbond substituents is 1. The quantitative estimate of drug-likeness (QED) is 0.402. The van der Waals surface area contributed by atoms with Gasteiger partial charge in [-0.3, -0.25) is 0 Å². The molecule has 3 aromatic carbocycles. The second kappa shape index (κ2) is 9.84. The molecule has 32 heavy (non-hydrogen) atoms. The van der Waals surface area contributed by atoms with Gasteiger partial charge in [-0.05, 0) is 29.5 Å². The second-order valence-electron chi connectivity index (χ2n) is 8.28. The minimum Gasteiger partial charge on any atom is -0.507 e. The molecule has 0 atom stereocenters. The summed E-state index contributed by atoms with van der Waals surface area (Å²) in [5, 5.41) is 15.1. The number of phenols is 1. The zero-order valence-electron chi connectivity index (χ0n) is 19.7. The highest BCUT2D eigenvalue weighted by atomic mass is 31.1. The van der Waals surface area contributed by atoms with Gasteiger partial charge in [0, 0.05) is 13.2 Å². The van der Waals surface area contributed by atoms with Crippen molar-refractivity contribution >= 4 is 37.1 Å². The highest BCUT2D eigenvalue weighted by molar-refractivity contribution is 7.80. The molecular weight excluding hydrogens is 439 g/mol. The van der Waals surface area contributed by atoms with Crippen molar-refractivity contribution in [2.75, 3.05) is 28.4 Å². The molecule has 0 aliphatic carbocycles. The van der Waals surface area contributed by atoms with Crippen LogP contribution in [0.4, 0.5) is 0 Å². The summed E-state index contributed by atoms with van der Waals surface area (Å²) in [5.41, 5.74) is 0. The first-order valence-corrected chi connectivity index (χ1v) is 15.2. The first kappa shape index (κ1) is 24.0. The molecule has 0 aliphatic heterocycles. The van der Waals surface area contributed by atoms with Gasteiger partial charge in [-0.1, -0.05) is 50.0 Å². The van der Waals surface area contributed by atoms with Crippen molar-refractivity contribution in [1.29, 1.82) is 0 Å². The lowest BCUT2D eigenvalue weighted by Crippen LogP contribution is -2.40. The van der Waals surface area contributed by atoms with Crippen LogP contribution in [-0.4, -0.2) is 41.6 Å². The number of rotatable bonds is 8. The lowest BCUT2D eigenvalue weighted by molar-refractivity contribution is 0.399. The Hall–Kier alpha value is -2.69. The standard InChI is InChI=1S/C25H31O5PSi/c1-27-17-11-8-12-18(28-2)24(17)31(25-19(29-3)13-9-14-20(25)30-4)21-15-10-16-22(23(21)26)32(5,6)7/h8-16,26H,1-7H3. The van der Waals surface area contributed by atoms with Gasteiger partial charge in [-0.25, -0.2) is 0 Å². The van der Waals surface area contributed by atoms with E-state index in [9.17, 15) is 5.11 Å². The number of hydrogen-bond donors (Lipinski definition) is 1. The minimum absolute atomic E-state index is 0.318. The molecule has 170 valence electrons. The fraction of sp³-hybridized carbons (Fsp3) is 0.280. The predicted molar refractivity (Wildman–Crippen MR) is 136 cm³/mol. The van der Waals surface area contributed by atoms with Crippen LogP contribution in [-0.2, 0) is 0 Å². The van der Waals surface area contributed by atoms with Gasteiger partial charge in [-0.2, -0.15) is 0 Å². The van der Waals surface area contributed by atoms with E-state index in [0.717, 1.165) is 21.1 Å². The van der Waals surface area contributed by atoms with Crippen LogP contribution in [0.25, 0.3) is 0 Å². The maximum atomic E-state index is 11.6. The molecule has 0 saturated carbocycles. The molecule has 0 aromatic heterocycles. The third-order valence-electron chi connectivity index (χ3n) is 5.31. The summed E-state index contributed by atoms with van der Waals surface area (Å²) in [7, 11) is 3.40. The summed E-state index contributed by atoms with van der Waals surface area (Å²) in [6.07, 6.45) is 0. The van der Waals surface area contributed by atoms with Crippen LogP contribution in [0.15, 0.2) is 54.6 Å². The molecule has 0 saturated heterocycles.